The quantitative estimate of drug-likeness (QED) is 0.898. The Labute approximate surface area is 119 Å². The fourth-order valence-corrected chi connectivity index (χ4v) is 2.50. The molecule has 0 unspecified atom stereocenters. The van der Waals surface area contributed by atoms with Gasteiger partial charge in [-0.15, -0.1) is 12.4 Å². The predicted octanol–water partition coefficient (Wildman–Crippen LogP) is 3.61. The zero-order valence-electron chi connectivity index (χ0n) is 10.3. The largest absolute Gasteiger partial charge is 0.493 e. The van der Waals surface area contributed by atoms with Crippen molar-refractivity contribution in [2.75, 3.05) is 13.2 Å². The summed E-state index contributed by atoms with van der Waals surface area (Å²) in [7, 11) is 0. The molecule has 4 heteroatoms. The summed E-state index contributed by atoms with van der Waals surface area (Å²) in [5.74, 6) is 2.98. The molecule has 0 aromatic heterocycles. The van der Waals surface area contributed by atoms with Crippen LogP contribution in [0.5, 0.6) is 5.75 Å². The molecule has 2 fully saturated rings. The fourth-order valence-electron chi connectivity index (χ4n) is 2.32. The number of hydrogen-bond acceptors (Lipinski definition) is 2. The number of halogens is 2. The lowest BCUT2D eigenvalue weighted by Crippen LogP contribution is -2.04. The second-order valence-corrected chi connectivity index (χ2v) is 5.71. The SMILES string of the molecule is Cl.NC[C@H]1C[C@@H]1c1cc(Cl)ccc1OCC1CC1. The molecule has 100 valence electrons. The Kier molecular flexibility index (Phi) is 4.41. The highest BCUT2D eigenvalue weighted by Gasteiger charge is 2.39. The van der Waals surface area contributed by atoms with Crippen molar-refractivity contribution in [1.82, 2.24) is 0 Å². The van der Waals surface area contributed by atoms with Crippen molar-refractivity contribution in [2.45, 2.75) is 25.2 Å². The maximum absolute atomic E-state index is 6.07. The third kappa shape index (κ3) is 3.11. The third-order valence-corrected chi connectivity index (χ3v) is 4.00. The average molecular weight is 288 g/mol. The Balaban J connectivity index is 0.00000120. The van der Waals surface area contributed by atoms with E-state index < -0.39 is 0 Å². The van der Waals surface area contributed by atoms with E-state index in [9.17, 15) is 0 Å². The van der Waals surface area contributed by atoms with Crippen LogP contribution in [0.15, 0.2) is 18.2 Å². The summed E-state index contributed by atoms with van der Waals surface area (Å²) in [6.45, 7) is 1.62. The van der Waals surface area contributed by atoms with Crippen molar-refractivity contribution < 1.29 is 4.74 Å². The van der Waals surface area contributed by atoms with Gasteiger partial charge >= 0.3 is 0 Å². The second-order valence-electron chi connectivity index (χ2n) is 5.27. The Hall–Kier alpha value is -0.440. The lowest BCUT2D eigenvalue weighted by molar-refractivity contribution is 0.296. The molecule has 0 radical (unpaired) electrons. The van der Waals surface area contributed by atoms with Gasteiger partial charge in [-0.3, -0.25) is 0 Å². The van der Waals surface area contributed by atoms with E-state index in [0.29, 0.717) is 11.8 Å². The van der Waals surface area contributed by atoms with Crippen molar-refractivity contribution in [3.8, 4) is 5.75 Å². The van der Waals surface area contributed by atoms with Crippen LogP contribution in [0.4, 0.5) is 0 Å². The van der Waals surface area contributed by atoms with E-state index >= 15 is 0 Å². The first-order valence-electron chi connectivity index (χ1n) is 6.40. The smallest absolute Gasteiger partial charge is 0.122 e. The molecule has 0 saturated heterocycles. The van der Waals surface area contributed by atoms with E-state index in [1.165, 1.54) is 24.8 Å². The number of rotatable bonds is 5. The molecule has 1 aromatic rings. The summed E-state index contributed by atoms with van der Waals surface area (Å²) in [6, 6.07) is 5.96. The highest BCUT2D eigenvalue weighted by atomic mass is 35.5. The van der Waals surface area contributed by atoms with Gasteiger partial charge in [-0.2, -0.15) is 0 Å². The molecule has 2 atom stereocenters. The third-order valence-electron chi connectivity index (χ3n) is 3.77. The average Bonchev–Trinajstić information content (AvgIpc) is 3.21. The minimum atomic E-state index is 0. The van der Waals surface area contributed by atoms with Crippen LogP contribution in [0.3, 0.4) is 0 Å². The highest BCUT2D eigenvalue weighted by Crippen LogP contribution is 2.50. The van der Waals surface area contributed by atoms with E-state index in [1.54, 1.807) is 0 Å². The Morgan fingerprint density at radius 1 is 1.33 bits per heavy atom. The summed E-state index contributed by atoms with van der Waals surface area (Å²) in [5.41, 5.74) is 6.97. The molecule has 0 amide bonds. The van der Waals surface area contributed by atoms with Crippen molar-refractivity contribution in [3.63, 3.8) is 0 Å². The van der Waals surface area contributed by atoms with Crippen molar-refractivity contribution >= 4 is 24.0 Å². The van der Waals surface area contributed by atoms with Gasteiger partial charge in [0.25, 0.3) is 0 Å². The molecule has 0 heterocycles. The van der Waals surface area contributed by atoms with Crippen molar-refractivity contribution in [1.29, 1.82) is 0 Å². The van der Waals surface area contributed by atoms with Gasteiger partial charge in [-0.1, -0.05) is 11.6 Å². The van der Waals surface area contributed by atoms with Crippen LogP contribution in [0.1, 0.15) is 30.7 Å². The number of benzene rings is 1. The fraction of sp³-hybridized carbons (Fsp3) is 0.571. The van der Waals surface area contributed by atoms with Gasteiger partial charge in [0.15, 0.2) is 0 Å². The first kappa shape index (κ1) is 14.0. The maximum Gasteiger partial charge on any atom is 0.122 e. The molecule has 2 nitrogen and oxygen atoms in total. The molecular weight excluding hydrogens is 269 g/mol. The molecule has 2 aliphatic rings. The monoisotopic (exact) mass is 287 g/mol. The zero-order valence-corrected chi connectivity index (χ0v) is 11.8. The summed E-state index contributed by atoms with van der Waals surface area (Å²) in [6.07, 6.45) is 3.81. The van der Waals surface area contributed by atoms with Crippen molar-refractivity contribution in [3.05, 3.63) is 28.8 Å². The topological polar surface area (TPSA) is 35.2 Å². The van der Waals surface area contributed by atoms with E-state index in [0.717, 1.165) is 29.8 Å². The molecule has 0 bridgehead atoms. The van der Waals surface area contributed by atoms with Gasteiger partial charge in [-0.25, -0.2) is 0 Å². The van der Waals surface area contributed by atoms with Crippen LogP contribution in [-0.2, 0) is 0 Å². The van der Waals surface area contributed by atoms with E-state index in [4.69, 9.17) is 22.1 Å². The molecule has 1 aromatic carbocycles. The summed E-state index contributed by atoms with van der Waals surface area (Å²) in [4.78, 5) is 0. The van der Waals surface area contributed by atoms with Crippen LogP contribution in [-0.4, -0.2) is 13.2 Å². The van der Waals surface area contributed by atoms with Crippen LogP contribution in [0.25, 0.3) is 0 Å². The normalized spacial score (nSPS) is 25.4. The standard InChI is InChI=1S/C14H18ClNO.ClH/c15-11-3-4-14(17-8-9-1-2-9)13(6-11)12-5-10(12)7-16;/h3-4,6,9-10,12H,1-2,5,7-8,16H2;1H/t10-,12+;/m1./s1. The van der Waals surface area contributed by atoms with Gasteiger partial charge in [0.1, 0.15) is 5.75 Å². The molecule has 2 aliphatic carbocycles. The minimum absolute atomic E-state index is 0. The molecule has 3 rings (SSSR count). The van der Waals surface area contributed by atoms with Crippen molar-refractivity contribution in [2.24, 2.45) is 17.6 Å². The number of hydrogen-bond donors (Lipinski definition) is 1. The van der Waals surface area contributed by atoms with Gasteiger partial charge < -0.3 is 10.5 Å². The molecular formula is C14H19Cl2NO. The molecule has 2 saturated carbocycles. The summed E-state index contributed by atoms with van der Waals surface area (Å²) >= 11 is 6.07. The van der Waals surface area contributed by atoms with Gasteiger partial charge in [0, 0.05) is 5.02 Å². The predicted molar refractivity (Wildman–Crippen MR) is 76.8 cm³/mol. The lowest BCUT2D eigenvalue weighted by atomic mass is 10.1. The second kappa shape index (κ2) is 5.68. The Morgan fingerprint density at radius 3 is 2.72 bits per heavy atom. The maximum atomic E-state index is 6.07. The summed E-state index contributed by atoms with van der Waals surface area (Å²) < 4.78 is 5.91. The molecule has 0 spiro atoms. The van der Waals surface area contributed by atoms with Gasteiger partial charge in [-0.05, 0) is 67.3 Å². The molecule has 0 aliphatic heterocycles. The molecule has 18 heavy (non-hydrogen) atoms. The first-order chi connectivity index (χ1) is 8.28. The van der Waals surface area contributed by atoms with E-state index in [2.05, 4.69) is 0 Å². The van der Waals surface area contributed by atoms with Gasteiger partial charge in [0.2, 0.25) is 0 Å². The number of ether oxygens (including phenoxy) is 1. The number of nitrogens with two attached hydrogens (primary N) is 1. The zero-order chi connectivity index (χ0) is 11.8. The van der Waals surface area contributed by atoms with E-state index in [1.807, 2.05) is 18.2 Å². The summed E-state index contributed by atoms with van der Waals surface area (Å²) in [5, 5.41) is 0.793. The highest BCUT2D eigenvalue weighted by molar-refractivity contribution is 6.30. The van der Waals surface area contributed by atoms with Crippen LogP contribution in [0.2, 0.25) is 5.02 Å². The van der Waals surface area contributed by atoms with Crippen LogP contribution >= 0.6 is 24.0 Å². The Bertz CT molecular complexity index is 420. The Morgan fingerprint density at radius 2 is 2.11 bits per heavy atom. The lowest BCUT2D eigenvalue weighted by Gasteiger charge is -2.11. The van der Waals surface area contributed by atoms with Crippen LogP contribution < -0.4 is 10.5 Å². The minimum Gasteiger partial charge on any atom is -0.493 e. The first-order valence-corrected chi connectivity index (χ1v) is 6.78. The van der Waals surface area contributed by atoms with Crippen LogP contribution in [0, 0.1) is 11.8 Å². The van der Waals surface area contributed by atoms with E-state index in [-0.39, 0.29) is 12.4 Å². The van der Waals surface area contributed by atoms with Gasteiger partial charge in [0.05, 0.1) is 6.61 Å². The molecule has 2 N–H and O–H groups in total.